The number of amides is 1. The van der Waals surface area contributed by atoms with Crippen molar-refractivity contribution in [1.29, 1.82) is 0 Å². The van der Waals surface area contributed by atoms with Crippen LogP contribution < -0.4 is 15.4 Å². The maximum Gasteiger partial charge on any atom is 0.223 e. The molecule has 0 aromatic heterocycles. The van der Waals surface area contributed by atoms with Crippen LogP contribution in [0.5, 0.6) is 5.75 Å². The Hall–Kier alpha value is -1.62. The van der Waals surface area contributed by atoms with Gasteiger partial charge in [-0.15, -0.1) is 0 Å². The van der Waals surface area contributed by atoms with Crippen LogP contribution in [0, 0.1) is 5.82 Å². The number of nitrogens with one attached hydrogen (secondary N) is 2. The Bertz CT molecular complexity index is 462. The molecule has 0 spiro atoms. The molecule has 0 aliphatic rings. The first-order chi connectivity index (χ1) is 9.90. The van der Waals surface area contributed by atoms with E-state index in [1.165, 1.54) is 6.07 Å². The van der Waals surface area contributed by atoms with E-state index in [4.69, 9.17) is 4.74 Å². The van der Waals surface area contributed by atoms with Gasteiger partial charge in [-0.2, -0.15) is 0 Å². The van der Waals surface area contributed by atoms with Crippen LogP contribution in [-0.2, 0) is 11.3 Å². The highest BCUT2D eigenvalue weighted by atomic mass is 19.1. The van der Waals surface area contributed by atoms with Gasteiger partial charge >= 0.3 is 0 Å². The van der Waals surface area contributed by atoms with Crippen LogP contribution in [-0.4, -0.2) is 24.6 Å². The molecule has 118 valence electrons. The largest absolute Gasteiger partial charge is 0.490 e. The first-order valence-corrected chi connectivity index (χ1v) is 7.33. The smallest absolute Gasteiger partial charge is 0.223 e. The lowest BCUT2D eigenvalue weighted by Crippen LogP contribution is -2.31. The van der Waals surface area contributed by atoms with Gasteiger partial charge in [0, 0.05) is 24.2 Å². The summed E-state index contributed by atoms with van der Waals surface area (Å²) in [6, 6.07) is 5.24. The van der Waals surface area contributed by atoms with Crippen molar-refractivity contribution < 1.29 is 13.9 Å². The summed E-state index contributed by atoms with van der Waals surface area (Å²) in [4.78, 5) is 11.5. The molecule has 21 heavy (non-hydrogen) atoms. The average molecular weight is 296 g/mol. The molecule has 0 saturated heterocycles. The topological polar surface area (TPSA) is 50.4 Å². The fourth-order valence-corrected chi connectivity index (χ4v) is 1.81. The normalized spacial score (nSPS) is 11.0. The van der Waals surface area contributed by atoms with Gasteiger partial charge in [0.2, 0.25) is 5.91 Å². The molecule has 1 rings (SSSR count). The molecule has 1 aromatic carbocycles. The molecule has 0 unspecified atom stereocenters. The maximum absolute atomic E-state index is 13.9. The van der Waals surface area contributed by atoms with Gasteiger partial charge in [-0.05, 0) is 19.9 Å². The predicted octanol–water partition coefficient (Wildman–Crippen LogP) is 2.62. The van der Waals surface area contributed by atoms with Gasteiger partial charge in [-0.25, -0.2) is 4.39 Å². The Balaban J connectivity index is 2.58. The van der Waals surface area contributed by atoms with Crippen LogP contribution in [0.15, 0.2) is 18.2 Å². The molecule has 0 atom stereocenters. The number of ether oxygens (including phenoxy) is 1. The van der Waals surface area contributed by atoms with E-state index in [0.717, 1.165) is 5.56 Å². The third-order valence-corrected chi connectivity index (χ3v) is 2.77. The van der Waals surface area contributed by atoms with Crippen molar-refractivity contribution in [2.75, 3.05) is 6.61 Å². The first kappa shape index (κ1) is 17.4. The van der Waals surface area contributed by atoms with E-state index in [-0.39, 0.29) is 30.7 Å². The van der Waals surface area contributed by atoms with Gasteiger partial charge < -0.3 is 15.4 Å². The third kappa shape index (κ3) is 6.58. The molecule has 0 aliphatic carbocycles. The second-order valence-corrected chi connectivity index (χ2v) is 5.58. The number of carbonyl (C=O) groups excluding carboxylic acids is 1. The van der Waals surface area contributed by atoms with E-state index in [1.807, 2.05) is 33.8 Å². The maximum atomic E-state index is 13.9. The first-order valence-electron chi connectivity index (χ1n) is 7.33. The van der Waals surface area contributed by atoms with Crippen LogP contribution in [0.2, 0.25) is 0 Å². The van der Waals surface area contributed by atoms with Crippen LogP contribution in [0.25, 0.3) is 0 Å². The molecule has 0 bridgehead atoms. The zero-order chi connectivity index (χ0) is 15.8. The highest BCUT2D eigenvalue weighted by molar-refractivity contribution is 5.76. The fraction of sp³-hybridized carbons (Fsp3) is 0.562. The number of hydrogen-bond acceptors (Lipinski definition) is 3. The van der Waals surface area contributed by atoms with E-state index in [2.05, 4.69) is 10.6 Å². The number of rotatable bonds is 8. The SMILES string of the molecule is CC(C)NCc1cccc(F)c1OCCC(=O)NC(C)C. The molecular formula is C16H25FN2O2. The van der Waals surface area contributed by atoms with Crippen molar-refractivity contribution in [2.24, 2.45) is 0 Å². The summed E-state index contributed by atoms with van der Waals surface area (Å²) in [5.41, 5.74) is 0.757. The van der Waals surface area contributed by atoms with Crippen molar-refractivity contribution >= 4 is 5.91 Å². The summed E-state index contributed by atoms with van der Waals surface area (Å²) in [7, 11) is 0. The highest BCUT2D eigenvalue weighted by Crippen LogP contribution is 2.22. The van der Waals surface area contributed by atoms with Crippen molar-refractivity contribution in [1.82, 2.24) is 10.6 Å². The monoisotopic (exact) mass is 296 g/mol. The van der Waals surface area contributed by atoms with E-state index in [1.54, 1.807) is 6.07 Å². The van der Waals surface area contributed by atoms with Crippen molar-refractivity contribution in [3.63, 3.8) is 0 Å². The van der Waals surface area contributed by atoms with Gasteiger partial charge in [0.05, 0.1) is 13.0 Å². The minimum Gasteiger partial charge on any atom is -0.490 e. The molecule has 1 amide bonds. The molecule has 2 N–H and O–H groups in total. The van der Waals surface area contributed by atoms with Gasteiger partial charge in [-0.3, -0.25) is 4.79 Å². The third-order valence-electron chi connectivity index (χ3n) is 2.77. The van der Waals surface area contributed by atoms with Crippen molar-refractivity contribution in [3.05, 3.63) is 29.6 Å². The minimum atomic E-state index is -0.401. The number of hydrogen-bond donors (Lipinski definition) is 2. The minimum absolute atomic E-state index is 0.0942. The molecule has 5 heteroatoms. The molecule has 0 saturated carbocycles. The molecule has 4 nitrogen and oxygen atoms in total. The van der Waals surface area contributed by atoms with Crippen LogP contribution in [0.4, 0.5) is 4.39 Å². The Morgan fingerprint density at radius 2 is 1.95 bits per heavy atom. The van der Waals surface area contributed by atoms with E-state index >= 15 is 0 Å². The number of halogens is 1. The van der Waals surface area contributed by atoms with E-state index in [9.17, 15) is 9.18 Å². The Morgan fingerprint density at radius 3 is 2.57 bits per heavy atom. The molecule has 0 heterocycles. The fourth-order valence-electron chi connectivity index (χ4n) is 1.81. The van der Waals surface area contributed by atoms with E-state index in [0.29, 0.717) is 12.6 Å². The second-order valence-electron chi connectivity index (χ2n) is 5.58. The molecule has 0 radical (unpaired) electrons. The second kappa shape index (κ2) is 8.62. The van der Waals surface area contributed by atoms with Gasteiger partial charge in [0.15, 0.2) is 11.6 Å². The van der Waals surface area contributed by atoms with Crippen molar-refractivity contribution in [2.45, 2.75) is 52.7 Å². The summed E-state index contributed by atoms with van der Waals surface area (Å²) < 4.78 is 19.3. The summed E-state index contributed by atoms with van der Waals surface area (Å²) in [6.07, 6.45) is 0.212. The van der Waals surface area contributed by atoms with Gasteiger partial charge in [-0.1, -0.05) is 26.0 Å². The summed E-state index contributed by atoms with van der Waals surface area (Å²) in [6.45, 7) is 8.53. The van der Waals surface area contributed by atoms with E-state index < -0.39 is 5.82 Å². The molecule has 1 aromatic rings. The highest BCUT2D eigenvalue weighted by Gasteiger charge is 2.11. The lowest BCUT2D eigenvalue weighted by atomic mass is 10.2. The Labute approximate surface area is 126 Å². The predicted molar refractivity (Wildman–Crippen MR) is 81.8 cm³/mol. The van der Waals surface area contributed by atoms with Crippen molar-refractivity contribution in [3.8, 4) is 5.75 Å². The Kier molecular flexibility index (Phi) is 7.15. The van der Waals surface area contributed by atoms with Crippen LogP contribution >= 0.6 is 0 Å². The number of carbonyl (C=O) groups is 1. The quantitative estimate of drug-likeness (QED) is 0.775. The summed E-state index contributed by atoms with van der Waals surface area (Å²) >= 11 is 0. The van der Waals surface area contributed by atoms with Gasteiger partial charge in [0.1, 0.15) is 0 Å². The summed E-state index contributed by atoms with van der Waals surface area (Å²) in [5.74, 6) is -0.270. The molecular weight excluding hydrogens is 271 g/mol. The van der Waals surface area contributed by atoms with Gasteiger partial charge in [0.25, 0.3) is 0 Å². The zero-order valence-electron chi connectivity index (χ0n) is 13.2. The number of para-hydroxylation sites is 1. The lowest BCUT2D eigenvalue weighted by Gasteiger charge is -2.15. The Morgan fingerprint density at radius 1 is 1.24 bits per heavy atom. The average Bonchev–Trinajstić information content (AvgIpc) is 2.37. The lowest BCUT2D eigenvalue weighted by molar-refractivity contribution is -0.122. The van der Waals surface area contributed by atoms with Crippen LogP contribution in [0.1, 0.15) is 39.7 Å². The summed E-state index contributed by atoms with van der Waals surface area (Å²) in [5, 5.41) is 6.00. The molecule has 0 fully saturated rings. The molecule has 0 aliphatic heterocycles. The van der Waals surface area contributed by atoms with Crippen LogP contribution in [0.3, 0.4) is 0 Å². The zero-order valence-corrected chi connectivity index (χ0v) is 13.2. The standard InChI is InChI=1S/C16H25FN2O2/c1-11(2)18-10-13-6-5-7-14(17)16(13)21-9-8-15(20)19-12(3)4/h5-7,11-12,18H,8-10H2,1-4H3,(H,19,20). The number of benzene rings is 1.